The standard InChI is InChI=1S/C19H17F6NS/c1-18(2,3)27-26-16(11-4-6-14(20)7-5-11)12-8-13(10-15(21)9-12)19(24,25)17(22)23/h4-10,17H,1-3H3/b26-16-. The molecule has 0 fully saturated rings. The predicted octanol–water partition coefficient (Wildman–Crippen LogP) is 6.61. The van der Waals surface area contributed by atoms with Crippen molar-refractivity contribution in [2.24, 2.45) is 4.40 Å². The fraction of sp³-hybridized carbons (Fsp3) is 0.316. The van der Waals surface area contributed by atoms with E-state index < -0.39 is 29.5 Å². The topological polar surface area (TPSA) is 12.4 Å². The molecule has 2 rings (SSSR count). The van der Waals surface area contributed by atoms with Crippen LogP contribution in [0.3, 0.4) is 0 Å². The van der Waals surface area contributed by atoms with Gasteiger partial charge < -0.3 is 0 Å². The zero-order chi connectivity index (χ0) is 20.4. The maximum absolute atomic E-state index is 13.9. The third-order valence-corrected chi connectivity index (χ3v) is 4.18. The first-order valence-corrected chi connectivity index (χ1v) is 8.67. The van der Waals surface area contributed by atoms with Crippen molar-refractivity contribution in [3.8, 4) is 0 Å². The molecule has 0 bridgehead atoms. The van der Waals surface area contributed by atoms with Crippen LogP contribution >= 0.6 is 11.9 Å². The predicted molar refractivity (Wildman–Crippen MR) is 95.7 cm³/mol. The highest BCUT2D eigenvalue weighted by Gasteiger charge is 2.43. The van der Waals surface area contributed by atoms with Crippen molar-refractivity contribution in [1.82, 2.24) is 0 Å². The van der Waals surface area contributed by atoms with Crippen LogP contribution in [0.25, 0.3) is 0 Å². The average Bonchev–Trinajstić information content (AvgIpc) is 2.55. The summed E-state index contributed by atoms with van der Waals surface area (Å²) in [7, 11) is 0. The van der Waals surface area contributed by atoms with E-state index in [0.717, 1.165) is 36.2 Å². The van der Waals surface area contributed by atoms with E-state index in [1.807, 2.05) is 20.8 Å². The smallest absolute Gasteiger partial charge is 0.215 e. The molecule has 1 nitrogen and oxygen atoms in total. The van der Waals surface area contributed by atoms with Crippen LogP contribution in [0.1, 0.15) is 37.5 Å². The highest BCUT2D eigenvalue weighted by molar-refractivity contribution is 7.99. The lowest BCUT2D eigenvalue weighted by atomic mass is 9.98. The van der Waals surface area contributed by atoms with Crippen molar-refractivity contribution < 1.29 is 26.3 Å². The van der Waals surface area contributed by atoms with E-state index in [0.29, 0.717) is 11.6 Å². The molecule has 0 radical (unpaired) electrons. The average molecular weight is 405 g/mol. The first-order chi connectivity index (χ1) is 12.4. The van der Waals surface area contributed by atoms with E-state index in [9.17, 15) is 26.3 Å². The van der Waals surface area contributed by atoms with Crippen molar-refractivity contribution in [1.29, 1.82) is 0 Å². The zero-order valence-electron chi connectivity index (χ0n) is 14.7. The quantitative estimate of drug-likeness (QED) is 0.310. The Hall–Kier alpha value is -1.96. The van der Waals surface area contributed by atoms with Gasteiger partial charge in [0.05, 0.1) is 5.71 Å². The molecule has 0 aliphatic carbocycles. The molecule has 0 aromatic heterocycles. The summed E-state index contributed by atoms with van der Waals surface area (Å²) in [5, 5.41) is 0. The summed E-state index contributed by atoms with van der Waals surface area (Å²) in [5.41, 5.74) is -0.831. The first-order valence-electron chi connectivity index (χ1n) is 7.89. The molecule has 27 heavy (non-hydrogen) atoms. The van der Waals surface area contributed by atoms with Crippen molar-refractivity contribution >= 4 is 17.7 Å². The Balaban J connectivity index is 2.62. The van der Waals surface area contributed by atoms with E-state index in [-0.39, 0.29) is 16.0 Å². The van der Waals surface area contributed by atoms with Crippen LogP contribution in [0.5, 0.6) is 0 Å². The summed E-state index contributed by atoms with van der Waals surface area (Å²) in [5.74, 6) is -6.13. The summed E-state index contributed by atoms with van der Waals surface area (Å²) in [6, 6.07) is 7.06. The Bertz CT molecular complexity index is 825. The number of nitrogens with zero attached hydrogens (tertiary/aromatic N) is 1. The summed E-state index contributed by atoms with van der Waals surface area (Å²) in [4.78, 5) is 0. The largest absolute Gasteiger partial charge is 0.332 e. The first kappa shape index (κ1) is 21.3. The molecule has 0 atom stereocenters. The fourth-order valence-corrected chi connectivity index (χ4v) is 2.68. The van der Waals surface area contributed by atoms with Crippen LogP contribution < -0.4 is 0 Å². The molecule has 0 amide bonds. The van der Waals surface area contributed by atoms with Gasteiger partial charge in [-0.25, -0.2) is 22.0 Å². The molecule has 0 heterocycles. The molecule has 0 unspecified atom stereocenters. The number of hydrogen-bond acceptors (Lipinski definition) is 2. The molecule has 2 aromatic rings. The van der Waals surface area contributed by atoms with Gasteiger partial charge in [-0.15, -0.1) is 0 Å². The molecular formula is C19H17F6NS. The number of hydrogen-bond donors (Lipinski definition) is 0. The normalized spacial score (nSPS) is 13.3. The van der Waals surface area contributed by atoms with Gasteiger partial charge in [-0.05, 0) is 75.2 Å². The molecular weight excluding hydrogens is 388 g/mol. The maximum atomic E-state index is 13.9. The summed E-state index contributed by atoms with van der Waals surface area (Å²) < 4.78 is 83.9. The molecule has 146 valence electrons. The third kappa shape index (κ3) is 5.51. The number of alkyl halides is 4. The minimum absolute atomic E-state index is 0.0840. The lowest BCUT2D eigenvalue weighted by Crippen LogP contribution is -2.24. The lowest BCUT2D eigenvalue weighted by Gasteiger charge is -2.18. The van der Waals surface area contributed by atoms with Gasteiger partial charge >= 0.3 is 12.3 Å². The Morgan fingerprint density at radius 2 is 1.48 bits per heavy atom. The Morgan fingerprint density at radius 3 is 2.00 bits per heavy atom. The van der Waals surface area contributed by atoms with Crippen molar-refractivity contribution in [2.45, 2.75) is 37.9 Å². The highest BCUT2D eigenvalue weighted by atomic mass is 32.2. The Kier molecular flexibility index (Phi) is 6.29. The molecule has 2 aromatic carbocycles. The van der Waals surface area contributed by atoms with Crippen molar-refractivity contribution in [3.63, 3.8) is 0 Å². The third-order valence-electron chi connectivity index (χ3n) is 3.36. The van der Waals surface area contributed by atoms with Crippen LogP contribution in [-0.4, -0.2) is 16.9 Å². The van der Waals surface area contributed by atoms with Crippen LogP contribution in [0.2, 0.25) is 0 Å². The minimum Gasteiger partial charge on any atom is -0.215 e. The summed E-state index contributed by atoms with van der Waals surface area (Å²) >= 11 is 1.10. The van der Waals surface area contributed by atoms with Gasteiger partial charge in [0.1, 0.15) is 11.6 Å². The summed E-state index contributed by atoms with van der Waals surface area (Å²) in [6.45, 7) is 5.56. The zero-order valence-corrected chi connectivity index (χ0v) is 15.6. The van der Waals surface area contributed by atoms with E-state index in [4.69, 9.17) is 0 Å². The molecule has 0 N–H and O–H groups in total. The number of halogens is 6. The van der Waals surface area contributed by atoms with Gasteiger partial charge in [0.25, 0.3) is 0 Å². The minimum atomic E-state index is -4.51. The second kappa shape index (κ2) is 7.96. The lowest BCUT2D eigenvalue weighted by molar-refractivity contribution is -0.135. The molecule has 0 spiro atoms. The summed E-state index contributed by atoms with van der Waals surface area (Å²) in [6.07, 6.45) is -3.98. The van der Waals surface area contributed by atoms with Gasteiger partial charge in [0, 0.05) is 21.4 Å². The molecule has 0 aliphatic rings. The molecule has 0 saturated carbocycles. The Morgan fingerprint density at radius 1 is 0.889 bits per heavy atom. The second-order valence-electron chi connectivity index (χ2n) is 6.80. The van der Waals surface area contributed by atoms with E-state index in [2.05, 4.69) is 4.40 Å². The van der Waals surface area contributed by atoms with Crippen LogP contribution in [-0.2, 0) is 5.92 Å². The van der Waals surface area contributed by atoms with Gasteiger partial charge in [0.2, 0.25) is 0 Å². The van der Waals surface area contributed by atoms with Gasteiger partial charge in [-0.1, -0.05) is 0 Å². The van der Waals surface area contributed by atoms with Crippen molar-refractivity contribution in [3.05, 3.63) is 70.8 Å². The second-order valence-corrected chi connectivity index (χ2v) is 8.39. The number of benzene rings is 2. The van der Waals surface area contributed by atoms with Gasteiger partial charge in [-0.3, -0.25) is 0 Å². The monoisotopic (exact) mass is 405 g/mol. The van der Waals surface area contributed by atoms with E-state index >= 15 is 0 Å². The SMILES string of the molecule is CC(C)(C)S/N=C(/c1ccc(F)cc1)c1cc(F)cc(C(F)(F)C(F)F)c1. The van der Waals surface area contributed by atoms with Crippen molar-refractivity contribution in [2.75, 3.05) is 0 Å². The van der Waals surface area contributed by atoms with Crippen LogP contribution in [0.15, 0.2) is 46.9 Å². The highest BCUT2D eigenvalue weighted by Crippen LogP contribution is 2.36. The van der Waals surface area contributed by atoms with Crippen LogP contribution in [0.4, 0.5) is 26.3 Å². The van der Waals surface area contributed by atoms with Crippen LogP contribution in [0, 0.1) is 11.6 Å². The molecule has 8 heteroatoms. The molecule has 0 saturated heterocycles. The fourth-order valence-electron chi connectivity index (χ4n) is 2.11. The Labute approximate surface area is 157 Å². The number of rotatable bonds is 5. The maximum Gasteiger partial charge on any atom is 0.332 e. The van der Waals surface area contributed by atoms with Gasteiger partial charge in [0.15, 0.2) is 0 Å². The van der Waals surface area contributed by atoms with E-state index in [1.54, 1.807) is 0 Å². The van der Waals surface area contributed by atoms with Gasteiger partial charge in [-0.2, -0.15) is 8.78 Å². The van der Waals surface area contributed by atoms with E-state index in [1.165, 1.54) is 12.1 Å². The molecule has 0 aliphatic heterocycles.